The second-order valence-electron chi connectivity index (χ2n) is 2.92. The van der Waals surface area contributed by atoms with E-state index in [0.717, 1.165) is 0 Å². The van der Waals surface area contributed by atoms with Gasteiger partial charge in [0.1, 0.15) is 0 Å². The molecule has 1 unspecified atom stereocenters. The summed E-state index contributed by atoms with van der Waals surface area (Å²) in [6, 6.07) is 0.0231. The smallest absolute Gasteiger partial charge is 0.208 e. The first kappa shape index (κ1) is 14.4. The summed E-state index contributed by atoms with van der Waals surface area (Å²) in [5.74, 6) is 0.342. The molecule has 1 atom stereocenters. The molecule has 12 heavy (non-hydrogen) atoms. The Bertz CT molecular complexity index is 185. The molecule has 0 aliphatic rings. The molecule has 3 nitrogen and oxygen atoms in total. The highest BCUT2D eigenvalue weighted by Gasteiger charge is 2.10. The van der Waals surface area contributed by atoms with Crippen molar-refractivity contribution in [2.75, 3.05) is 6.26 Å². The molecule has 0 bridgehead atoms. The van der Waals surface area contributed by atoms with E-state index in [1.165, 1.54) is 6.26 Å². The van der Waals surface area contributed by atoms with Gasteiger partial charge in [0.2, 0.25) is 10.0 Å². The summed E-state index contributed by atoms with van der Waals surface area (Å²) in [7, 11) is -3.02. The number of hydrogen-bond acceptors (Lipinski definition) is 2. The molecule has 0 radical (unpaired) electrons. The molecule has 1 N–H and O–H groups in total. The Morgan fingerprint density at radius 2 is 1.42 bits per heavy atom. The summed E-state index contributed by atoms with van der Waals surface area (Å²) in [5, 5.41) is 0. The van der Waals surface area contributed by atoms with Gasteiger partial charge in [-0.2, -0.15) is 0 Å². The van der Waals surface area contributed by atoms with E-state index in [4.69, 9.17) is 0 Å². The van der Waals surface area contributed by atoms with Crippen molar-refractivity contribution >= 4 is 10.0 Å². The van der Waals surface area contributed by atoms with Crippen LogP contribution in [0.3, 0.4) is 0 Å². The summed E-state index contributed by atoms with van der Waals surface area (Å²) in [4.78, 5) is 0. The Labute approximate surface area is 76.6 Å². The van der Waals surface area contributed by atoms with Gasteiger partial charge in [0.25, 0.3) is 0 Å². The summed E-state index contributed by atoms with van der Waals surface area (Å²) in [5.41, 5.74) is 0. The molecule has 0 aromatic carbocycles. The molecule has 0 aromatic heterocycles. The second kappa shape index (κ2) is 6.43. The summed E-state index contributed by atoms with van der Waals surface area (Å²) in [6.07, 6.45) is 1.17. The van der Waals surface area contributed by atoms with E-state index in [-0.39, 0.29) is 6.04 Å². The van der Waals surface area contributed by atoms with Gasteiger partial charge in [-0.15, -0.1) is 0 Å². The topological polar surface area (TPSA) is 46.2 Å². The van der Waals surface area contributed by atoms with E-state index >= 15 is 0 Å². The Morgan fingerprint density at radius 3 is 1.50 bits per heavy atom. The van der Waals surface area contributed by atoms with Crippen LogP contribution in [-0.4, -0.2) is 20.7 Å². The fourth-order valence-electron chi connectivity index (χ4n) is 0.474. The largest absolute Gasteiger partial charge is 0.213 e. The first-order chi connectivity index (χ1) is 5.33. The van der Waals surface area contributed by atoms with Crippen molar-refractivity contribution in [1.29, 1.82) is 0 Å². The van der Waals surface area contributed by atoms with Gasteiger partial charge in [-0.3, -0.25) is 0 Å². The third-order valence-electron chi connectivity index (χ3n) is 1.40. The maximum Gasteiger partial charge on any atom is 0.208 e. The first-order valence-electron chi connectivity index (χ1n) is 4.30. The molecule has 0 saturated carbocycles. The molecule has 0 rings (SSSR count). The van der Waals surface area contributed by atoms with Gasteiger partial charge in [0.15, 0.2) is 0 Å². The van der Waals surface area contributed by atoms with E-state index < -0.39 is 10.0 Å². The van der Waals surface area contributed by atoms with Gasteiger partial charge >= 0.3 is 0 Å². The van der Waals surface area contributed by atoms with Gasteiger partial charge in [0, 0.05) is 6.04 Å². The lowest BCUT2D eigenvalue weighted by molar-refractivity contribution is 0.479. The Balaban J connectivity index is 0. The van der Waals surface area contributed by atoms with Crippen LogP contribution in [0.1, 0.15) is 34.6 Å². The van der Waals surface area contributed by atoms with Gasteiger partial charge in [-0.1, -0.05) is 27.7 Å². The molecule has 0 heterocycles. The Hall–Kier alpha value is -0.0900. The minimum atomic E-state index is -3.02. The maximum absolute atomic E-state index is 10.6. The van der Waals surface area contributed by atoms with E-state index in [1.807, 2.05) is 34.6 Å². The zero-order valence-electron chi connectivity index (χ0n) is 8.88. The van der Waals surface area contributed by atoms with Crippen LogP contribution < -0.4 is 4.72 Å². The summed E-state index contributed by atoms with van der Waals surface area (Å²) >= 11 is 0. The number of sulfonamides is 1. The van der Waals surface area contributed by atoms with Gasteiger partial charge in [0.05, 0.1) is 6.26 Å². The molecule has 0 fully saturated rings. The minimum absolute atomic E-state index is 0.0231. The zero-order valence-corrected chi connectivity index (χ0v) is 9.70. The van der Waals surface area contributed by atoms with E-state index in [2.05, 4.69) is 4.72 Å². The number of nitrogens with one attached hydrogen (secondary N) is 1. The van der Waals surface area contributed by atoms with Crippen molar-refractivity contribution < 1.29 is 8.42 Å². The molecule has 0 aromatic rings. The number of rotatable bonds is 3. The fraction of sp³-hybridized carbons (Fsp3) is 1.00. The quantitative estimate of drug-likeness (QED) is 0.743. The normalized spacial score (nSPS) is 13.6. The highest BCUT2D eigenvalue weighted by Crippen LogP contribution is 2.00. The minimum Gasteiger partial charge on any atom is -0.213 e. The van der Waals surface area contributed by atoms with Crippen LogP contribution in [0.4, 0.5) is 0 Å². The van der Waals surface area contributed by atoms with Crippen LogP contribution >= 0.6 is 0 Å². The van der Waals surface area contributed by atoms with Gasteiger partial charge < -0.3 is 0 Å². The van der Waals surface area contributed by atoms with Crippen LogP contribution in [0.5, 0.6) is 0 Å². The molecule has 0 aliphatic heterocycles. The molecule has 0 saturated heterocycles. The third kappa shape index (κ3) is 9.91. The molecule has 0 spiro atoms. The van der Waals surface area contributed by atoms with Crippen molar-refractivity contribution in [3.63, 3.8) is 0 Å². The molecule has 0 aliphatic carbocycles. The maximum atomic E-state index is 10.6. The zero-order chi connectivity index (χ0) is 10.4. The van der Waals surface area contributed by atoms with E-state index in [0.29, 0.717) is 5.92 Å². The molecule has 76 valence electrons. The summed E-state index contributed by atoms with van der Waals surface area (Å²) in [6.45, 7) is 9.80. The van der Waals surface area contributed by atoms with Crippen LogP contribution in [0.2, 0.25) is 0 Å². The van der Waals surface area contributed by atoms with Gasteiger partial charge in [-0.25, -0.2) is 13.1 Å². The standard InChI is InChI=1S/C6H15NO2S.C2H6/c1-5(2)6(3)7-10(4,8)9;1-2/h5-7H,1-4H3;1-2H3. The van der Waals surface area contributed by atoms with Crippen molar-refractivity contribution in [3.8, 4) is 0 Å². The highest BCUT2D eigenvalue weighted by atomic mass is 32.2. The predicted molar refractivity (Wildman–Crippen MR) is 53.6 cm³/mol. The lowest BCUT2D eigenvalue weighted by atomic mass is 10.1. The molecular weight excluding hydrogens is 174 g/mol. The van der Waals surface area contributed by atoms with E-state index in [1.54, 1.807) is 0 Å². The van der Waals surface area contributed by atoms with E-state index in [9.17, 15) is 8.42 Å². The highest BCUT2D eigenvalue weighted by molar-refractivity contribution is 7.88. The number of hydrogen-bond donors (Lipinski definition) is 1. The monoisotopic (exact) mass is 195 g/mol. The molecule has 4 heteroatoms. The van der Waals surface area contributed by atoms with Crippen molar-refractivity contribution in [1.82, 2.24) is 4.72 Å². The van der Waals surface area contributed by atoms with Crippen molar-refractivity contribution in [3.05, 3.63) is 0 Å². The van der Waals surface area contributed by atoms with Crippen LogP contribution in [-0.2, 0) is 10.0 Å². The predicted octanol–water partition coefficient (Wildman–Crippen LogP) is 1.61. The third-order valence-corrected chi connectivity index (χ3v) is 2.20. The van der Waals surface area contributed by atoms with Gasteiger partial charge in [-0.05, 0) is 12.8 Å². The molecule has 0 amide bonds. The molecular formula is C8H21NO2S. The van der Waals surface area contributed by atoms with Crippen LogP contribution in [0.15, 0.2) is 0 Å². The first-order valence-corrected chi connectivity index (χ1v) is 6.19. The summed E-state index contributed by atoms with van der Waals surface area (Å²) < 4.78 is 23.8. The fourth-order valence-corrected chi connectivity index (χ4v) is 1.42. The van der Waals surface area contributed by atoms with Crippen molar-refractivity contribution in [2.24, 2.45) is 5.92 Å². The lowest BCUT2D eigenvalue weighted by Crippen LogP contribution is -2.35. The second-order valence-corrected chi connectivity index (χ2v) is 4.70. The van der Waals surface area contributed by atoms with Crippen LogP contribution in [0, 0.1) is 5.92 Å². The lowest BCUT2D eigenvalue weighted by Gasteiger charge is -2.15. The SMILES string of the molecule is CC.CC(C)C(C)NS(C)(=O)=O. The Kier molecular flexibility index (Phi) is 7.73. The average Bonchev–Trinajstić information content (AvgIpc) is 1.88. The van der Waals surface area contributed by atoms with Crippen molar-refractivity contribution in [2.45, 2.75) is 40.7 Å². The van der Waals surface area contributed by atoms with Crippen LogP contribution in [0.25, 0.3) is 0 Å². The average molecular weight is 195 g/mol. The Morgan fingerprint density at radius 1 is 1.08 bits per heavy atom.